The number of benzene rings is 1. The summed E-state index contributed by atoms with van der Waals surface area (Å²) in [6, 6.07) is 8.27. The molecule has 0 radical (unpaired) electrons. The third kappa shape index (κ3) is 5.60. The van der Waals surface area contributed by atoms with Crippen LogP contribution in [0, 0.1) is 0 Å². The number of unbranched alkanes of at least 4 members (excludes halogenated alkanes) is 3. The first kappa shape index (κ1) is 20.9. The van der Waals surface area contributed by atoms with Crippen LogP contribution in [-0.4, -0.2) is 31.7 Å². The van der Waals surface area contributed by atoms with Crippen molar-refractivity contribution in [2.24, 2.45) is 5.73 Å². The number of rotatable bonds is 12. The number of hydrogen-bond donors (Lipinski definition) is 2. The summed E-state index contributed by atoms with van der Waals surface area (Å²) < 4.78 is 9.55. The van der Waals surface area contributed by atoms with E-state index in [1.165, 1.54) is 36.4 Å². The Hall–Kier alpha value is -2.80. The lowest BCUT2D eigenvalue weighted by Gasteiger charge is -2.12. The summed E-state index contributed by atoms with van der Waals surface area (Å²) in [6.07, 6.45) is 10.4. The van der Waals surface area contributed by atoms with Crippen molar-refractivity contribution in [2.75, 3.05) is 6.61 Å². The van der Waals surface area contributed by atoms with E-state index < -0.39 is 12.1 Å². The van der Waals surface area contributed by atoms with Gasteiger partial charge < -0.3 is 24.7 Å². The fourth-order valence-corrected chi connectivity index (χ4v) is 3.40. The fourth-order valence-electron chi connectivity index (χ4n) is 3.40. The van der Waals surface area contributed by atoms with Gasteiger partial charge in [0.05, 0.1) is 12.9 Å². The maximum absolute atomic E-state index is 11.1. The average Bonchev–Trinajstić information content (AvgIpc) is 3.35. The van der Waals surface area contributed by atoms with Crippen molar-refractivity contribution in [3.8, 4) is 5.75 Å². The van der Waals surface area contributed by atoms with Gasteiger partial charge in [0.1, 0.15) is 17.7 Å². The van der Waals surface area contributed by atoms with E-state index in [1.807, 2.05) is 6.07 Å². The molecule has 2 aromatic heterocycles. The molecule has 0 aliphatic carbocycles. The number of imidazole rings is 1. The molecule has 29 heavy (non-hydrogen) atoms. The monoisotopic (exact) mass is 398 g/mol. The van der Waals surface area contributed by atoms with Gasteiger partial charge in [0, 0.05) is 29.8 Å². The maximum Gasteiger partial charge on any atom is 0.268 e. The molecule has 0 saturated carbocycles. The Morgan fingerprint density at radius 2 is 2.10 bits per heavy atom. The van der Waals surface area contributed by atoms with Crippen LogP contribution in [0.15, 0.2) is 43.0 Å². The predicted octanol–water partition coefficient (Wildman–Crippen LogP) is 3.87. The van der Waals surface area contributed by atoms with Crippen LogP contribution in [0.5, 0.6) is 5.75 Å². The van der Waals surface area contributed by atoms with Crippen LogP contribution in [0.3, 0.4) is 0 Å². The Kier molecular flexibility index (Phi) is 7.30. The number of aryl methyl sites for hydroxylation is 1. The summed E-state index contributed by atoms with van der Waals surface area (Å²) in [5.74, 6) is 0.312. The normalized spacial score (nSPS) is 12.3. The zero-order valence-electron chi connectivity index (χ0n) is 17.0. The first-order chi connectivity index (χ1) is 14.1. The highest BCUT2D eigenvalue weighted by atomic mass is 16.5. The summed E-state index contributed by atoms with van der Waals surface area (Å²) in [7, 11) is 0. The van der Waals surface area contributed by atoms with E-state index in [4.69, 9.17) is 10.5 Å². The predicted molar refractivity (Wildman–Crippen MR) is 113 cm³/mol. The summed E-state index contributed by atoms with van der Waals surface area (Å²) in [6.45, 7) is 3.75. The molecule has 0 spiro atoms. The van der Waals surface area contributed by atoms with Gasteiger partial charge in [-0.15, -0.1) is 0 Å². The van der Waals surface area contributed by atoms with Crippen molar-refractivity contribution in [2.45, 2.75) is 58.2 Å². The van der Waals surface area contributed by atoms with Gasteiger partial charge in [-0.2, -0.15) is 0 Å². The van der Waals surface area contributed by atoms with E-state index in [0.29, 0.717) is 6.42 Å². The van der Waals surface area contributed by atoms with Crippen molar-refractivity contribution >= 4 is 16.8 Å². The van der Waals surface area contributed by atoms with Gasteiger partial charge in [0.25, 0.3) is 5.91 Å². The zero-order chi connectivity index (χ0) is 20.6. The topological polar surface area (TPSA) is 95.3 Å². The van der Waals surface area contributed by atoms with E-state index >= 15 is 0 Å². The number of nitrogens with two attached hydrogens (primary N) is 1. The lowest BCUT2D eigenvalue weighted by molar-refractivity contribution is 0.0905. The molecule has 2 heterocycles. The molecule has 1 amide bonds. The summed E-state index contributed by atoms with van der Waals surface area (Å²) >= 11 is 0. The Bertz CT molecular complexity index is 931. The molecule has 7 heteroatoms. The highest BCUT2D eigenvalue weighted by Gasteiger charge is 2.11. The van der Waals surface area contributed by atoms with Crippen LogP contribution in [0.4, 0.5) is 0 Å². The second-order valence-corrected chi connectivity index (χ2v) is 7.33. The van der Waals surface area contributed by atoms with E-state index in [1.54, 1.807) is 0 Å². The van der Waals surface area contributed by atoms with Gasteiger partial charge in [-0.05, 0) is 43.5 Å². The minimum Gasteiger partial charge on any atom is -0.494 e. The molecule has 0 fully saturated rings. The van der Waals surface area contributed by atoms with Crippen molar-refractivity contribution in [1.29, 1.82) is 0 Å². The quantitative estimate of drug-likeness (QED) is 0.453. The van der Waals surface area contributed by atoms with Gasteiger partial charge in [-0.25, -0.2) is 4.98 Å². The largest absolute Gasteiger partial charge is 0.494 e. The molecular formula is C22H30N4O3. The molecule has 0 aliphatic rings. The van der Waals surface area contributed by atoms with E-state index in [-0.39, 0.29) is 5.69 Å². The van der Waals surface area contributed by atoms with Crippen molar-refractivity contribution in [1.82, 2.24) is 14.1 Å². The number of nitrogens with zero attached hydrogens (tertiary/aromatic N) is 3. The number of hydrogen-bond acceptors (Lipinski definition) is 4. The molecule has 0 bridgehead atoms. The molecule has 1 aromatic carbocycles. The van der Waals surface area contributed by atoms with E-state index in [2.05, 4.69) is 40.9 Å². The molecule has 0 aliphatic heterocycles. The SMILES string of the molecule is CCCCCCOc1ccc2c(ccn2CCCC(O)n2cnc(C(N)=O)c2)c1. The number of carbonyl (C=O) groups is 1. The molecule has 1 unspecified atom stereocenters. The Morgan fingerprint density at radius 3 is 2.86 bits per heavy atom. The maximum atomic E-state index is 11.1. The summed E-state index contributed by atoms with van der Waals surface area (Å²) in [5, 5.41) is 11.4. The second-order valence-electron chi connectivity index (χ2n) is 7.33. The minimum atomic E-state index is -0.731. The van der Waals surface area contributed by atoms with Crippen LogP contribution < -0.4 is 10.5 Å². The van der Waals surface area contributed by atoms with Gasteiger partial charge in [0.15, 0.2) is 0 Å². The van der Waals surface area contributed by atoms with Crippen LogP contribution in [0.25, 0.3) is 10.9 Å². The van der Waals surface area contributed by atoms with Crippen LogP contribution in [-0.2, 0) is 6.54 Å². The second kappa shape index (κ2) is 10.1. The smallest absolute Gasteiger partial charge is 0.268 e. The first-order valence-electron chi connectivity index (χ1n) is 10.3. The number of amides is 1. The molecule has 3 rings (SSSR count). The molecular weight excluding hydrogens is 368 g/mol. The summed E-state index contributed by atoms with van der Waals surface area (Å²) in [4.78, 5) is 15.0. The Morgan fingerprint density at radius 1 is 1.24 bits per heavy atom. The number of aliphatic hydroxyl groups is 1. The van der Waals surface area contributed by atoms with Gasteiger partial charge >= 0.3 is 0 Å². The minimum absolute atomic E-state index is 0.156. The molecule has 0 saturated heterocycles. The Labute approximate surface area is 171 Å². The highest BCUT2D eigenvalue weighted by Crippen LogP contribution is 2.23. The van der Waals surface area contributed by atoms with Gasteiger partial charge in [-0.1, -0.05) is 26.2 Å². The van der Waals surface area contributed by atoms with Gasteiger partial charge in [0.2, 0.25) is 0 Å². The molecule has 3 N–H and O–H groups in total. The van der Waals surface area contributed by atoms with Gasteiger partial charge in [-0.3, -0.25) is 4.79 Å². The van der Waals surface area contributed by atoms with Crippen molar-refractivity contribution < 1.29 is 14.6 Å². The highest BCUT2D eigenvalue weighted by molar-refractivity contribution is 5.90. The van der Waals surface area contributed by atoms with E-state index in [9.17, 15) is 9.90 Å². The van der Waals surface area contributed by atoms with Crippen LogP contribution in [0.1, 0.15) is 62.2 Å². The summed E-state index contributed by atoms with van der Waals surface area (Å²) in [5.41, 5.74) is 6.50. The lowest BCUT2D eigenvalue weighted by atomic mass is 10.2. The molecule has 1 atom stereocenters. The van der Waals surface area contributed by atoms with Crippen LogP contribution >= 0.6 is 0 Å². The first-order valence-corrected chi connectivity index (χ1v) is 10.3. The van der Waals surface area contributed by atoms with Crippen LogP contribution in [0.2, 0.25) is 0 Å². The lowest BCUT2D eigenvalue weighted by Crippen LogP contribution is -2.12. The number of fused-ring (bicyclic) bond motifs is 1. The standard InChI is InChI=1S/C22H30N4O3/c1-2-3-4-5-13-29-18-8-9-20-17(14-18)10-12-25(20)11-6-7-21(27)26-15-19(22(23)28)24-16-26/h8-10,12,14-16,21,27H,2-7,11,13H2,1H3,(H2,23,28). The number of ether oxygens (including phenoxy) is 1. The number of aliphatic hydroxyl groups excluding tert-OH is 1. The molecule has 156 valence electrons. The Balaban J connectivity index is 1.50. The zero-order valence-corrected chi connectivity index (χ0v) is 17.0. The average molecular weight is 399 g/mol. The third-order valence-corrected chi connectivity index (χ3v) is 5.07. The van der Waals surface area contributed by atoms with Crippen molar-refractivity contribution in [3.63, 3.8) is 0 Å². The molecule has 7 nitrogen and oxygen atoms in total. The number of primary amides is 1. The molecule has 3 aromatic rings. The fraction of sp³-hybridized carbons (Fsp3) is 0.455. The van der Waals surface area contributed by atoms with Crippen molar-refractivity contribution in [3.05, 3.63) is 48.7 Å². The number of aromatic nitrogens is 3. The number of carbonyl (C=O) groups excluding carboxylic acids is 1. The van der Waals surface area contributed by atoms with E-state index in [0.717, 1.165) is 42.6 Å². The third-order valence-electron chi connectivity index (χ3n) is 5.07.